The second-order valence-corrected chi connectivity index (χ2v) is 13.0. The van der Waals surface area contributed by atoms with Crippen molar-refractivity contribution in [1.29, 1.82) is 0 Å². The number of hydrogen-bond donors (Lipinski definition) is 0. The van der Waals surface area contributed by atoms with Crippen LogP contribution >= 0.6 is 0 Å². The number of anilines is 3. The van der Waals surface area contributed by atoms with Crippen LogP contribution in [0.5, 0.6) is 0 Å². The molecule has 0 saturated heterocycles. The monoisotopic (exact) mass is 636 g/mol. The molecule has 0 aliphatic carbocycles. The first-order chi connectivity index (χ1) is 24.8. The first-order valence-electron chi connectivity index (χ1n) is 17.2. The third kappa shape index (κ3) is 4.50. The molecule has 2 nitrogen and oxygen atoms in total. The number of rotatable bonds is 5. The van der Waals surface area contributed by atoms with Crippen molar-refractivity contribution in [2.24, 2.45) is 0 Å². The van der Waals surface area contributed by atoms with Crippen LogP contribution in [-0.2, 0) is 0 Å². The van der Waals surface area contributed by atoms with E-state index in [0.717, 1.165) is 22.7 Å². The van der Waals surface area contributed by atoms with Gasteiger partial charge < -0.3 is 9.47 Å². The Kier molecular flexibility index (Phi) is 6.53. The van der Waals surface area contributed by atoms with E-state index < -0.39 is 0 Å². The van der Waals surface area contributed by atoms with Crippen LogP contribution in [0.1, 0.15) is 0 Å². The highest BCUT2D eigenvalue weighted by atomic mass is 15.1. The number of nitrogens with zero attached hydrogens (tertiary/aromatic N) is 2. The highest BCUT2D eigenvalue weighted by Gasteiger charge is 2.18. The first-order valence-corrected chi connectivity index (χ1v) is 17.2. The Labute approximate surface area is 290 Å². The summed E-state index contributed by atoms with van der Waals surface area (Å²) in [6.07, 6.45) is 0. The Morgan fingerprint density at radius 3 is 1.66 bits per heavy atom. The van der Waals surface area contributed by atoms with Gasteiger partial charge in [-0.05, 0) is 92.5 Å². The van der Waals surface area contributed by atoms with Crippen molar-refractivity contribution >= 4 is 71.2 Å². The molecule has 50 heavy (non-hydrogen) atoms. The summed E-state index contributed by atoms with van der Waals surface area (Å²) in [6, 6.07) is 70.5. The fraction of sp³-hybridized carbons (Fsp3) is 0. The van der Waals surface area contributed by atoms with Gasteiger partial charge >= 0.3 is 0 Å². The maximum atomic E-state index is 2.42. The van der Waals surface area contributed by atoms with Crippen LogP contribution in [0.4, 0.5) is 17.1 Å². The molecule has 9 aromatic carbocycles. The third-order valence-corrected chi connectivity index (χ3v) is 10.1. The van der Waals surface area contributed by atoms with Gasteiger partial charge in [-0.1, -0.05) is 140 Å². The smallest absolute Gasteiger partial charge is 0.0541 e. The van der Waals surface area contributed by atoms with Gasteiger partial charge in [0.25, 0.3) is 0 Å². The number of fused-ring (bicyclic) bond motifs is 8. The first kappa shape index (κ1) is 28.4. The van der Waals surface area contributed by atoms with Crippen molar-refractivity contribution in [3.63, 3.8) is 0 Å². The van der Waals surface area contributed by atoms with Crippen molar-refractivity contribution in [3.05, 3.63) is 194 Å². The summed E-state index contributed by atoms with van der Waals surface area (Å²) in [6.45, 7) is 0. The van der Waals surface area contributed by atoms with E-state index in [1.54, 1.807) is 0 Å². The molecule has 0 fully saturated rings. The molecular formula is C48H32N2. The Bertz CT molecular complexity index is 2830. The van der Waals surface area contributed by atoms with Crippen LogP contribution in [-0.4, -0.2) is 4.57 Å². The second kappa shape index (κ2) is 11.5. The quantitative estimate of drug-likeness (QED) is 0.171. The molecule has 0 radical (unpaired) electrons. The lowest BCUT2D eigenvalue weighted by molar-refractivity contribution is 1.18. The van der Waals surface area contributed by atoms with E-state index in [1.165, 1.54) is 65.3 Å². The van der Waals surface area contributed by atoms with Crippen molar-refractivity contribution < 1.29 is 0 Å². The minimum atomic E-state index is 1.11. The molecule has 0 aliphatic heterocycles. The van der Waals surface area contributed by atoms with Gasteiger partial charge in [0.15, 0.2) is 0 Å². The van der Waals surface area contributed by atoms with Crippen LogP contribution in [0.25, 0.3) is 70.9 Å². The Hall–Kier alpha value is -6.64. The van der Waals surface area contributed by atoms with Crippen molar-refractivity contribution in [2.45, 2.75) is 0 Å². The minimum absolute atomic E-state index is 1.11. The van der Waals surface area contributed by atoms with Gasteiger partial charge in [-0.25, -0.2) is 0 Å². The third-order valence-electron chi connectivity index (χ3n) is 10.1. The highest BCUT2D eigenvalue weighted by molar-refractivity contribution is 6.18. The maximum absolute atomic E-state index is 2.42. The van der Waals surface area contributed by atoms with E-state index >= 15 is 0 Å². The molecule has 0 atom stereocenters. The Morgan fingerprint density at radius 2 is 0.880 bits per heavy atom. The lowest BCUT2D eigenvalue weighted by atomic mass is 9.96. The molecule has 0 saturated carbocycles. The summed E-state index contributed by atoms with van der Waals surface area (Å²) >= 11 is 0. The molecule has 0 spiro atoms. The molecule has 0 bridgehead atoms. The molecule has 0 unspecified atom stereocenters. The maximum Gasteiger partial charge on any atom is 0.0541 e. The zero-order chi connectivity index (χ0) is 33.0. The van der Waals surface area contributed by atoms with E-state index in [-0.39, 0.29) is 0 Å². The van der Waals surface area contributed by atoms with Gasteiger partial charge in [0.1, 0.15) is 0 Å². The topological polar surface area (TPSA) is 8.17 Å². The van der Waals surface area contributed by atoms with Crippen molar-refractivity contribution in [3.8, 4) is 16.8 Å². The second-order valence-electron chi connectivity index (χ2n) is 13.0. The fourth-order valence-corrected chi connectivity index (χ4v) is 7.88. The lowest BCUT2D eigenvalue weighted by Crippen LogP contribution is -2.10. The molecule has 0 aliphatic rings. The van der Waals surface area contributed by atoms with Crippen LogP contribution in [0.3, 0.4) is 0 Å². The fourth-order valence-electron chi connectivity index (χ4n) is 7.88. The molecule has 2 heteroatoms. The van der Waals surface area contributed by atoms with Gasteiger partial charge in [0, 0.05) is 33.4 Å². The van der Waals surface area contributed by atoms with E-state index in [1.807, 2.05) is 0 Å². The van der Waals surface area contributed by atoms with E-state index in [9.17, 15) is 0 Å². The van der Waals surface area contributed by atoms with E-state index in [2.05, 4.69) is 204 Å². The van der Waals surface area contributed by atoms with Crippen LogP contribution in [0, 0.1) is 0 Å². The van der Waals surface area contributed by atoms with Crippen LogP contribution in [0.2, 0.25) is 0 Å². The van der Waals surface area contributed by atoms with Crippen molar-refractivity contribution in [2.75, 3.05) is 4.90 Å². The SMILES string of the molecule is c1ccc(N(c2cccc(-c3ccccc3-n3c4ccccc4c4ccccc43)c2)c2ccc3ccc4c5ccccc5ccc4c3c2)cc1. The standard InChI is InChI=1S/C48H32N2/c1-2-15-36(16-3-1)49(38-28-25-34-27-29-41-39-18-5-4-13-33(39)26-30-42(41)45(34)32-38)37-17-12-14-35(31-37)40-19-6-9-22-46(40)50-47-23-10-7-20-43(47)44-21-8-11-24-48(44)50/h1-32H. The predicted octanol–water partition coefficient (Wildman–Crippen LogP) is 13.4. The zero-order valence-corrected chi connectivity index (χ0v) is 27.4. The summed E-state index contributed by atoms with van der Waals surface area (Å²) in [5.74, 6) is 0. The Morgan fingerprint density at radius 1 is 0.320 bits per heavy atom. The summed E-state index contributed by atoms with van der Waals surface area (Å²) in [5, 5.41) is 10.1. The van der Waals surface area contributed by atoms with Gasteiger partial charge in [0.05, 0.1) is 16.7 Å². The van der Waals surface area contributed by atoms with Gasteiger partial charge in [0.2, 0.25) is 0 Å². The number of aromatic nitrogens is 1. The van der Waals surface area contributed by atoms with Gasteiger partial charge in [-0.15, -0.1) is 0 Å². The summed E-state index contributed by atoms with van der Waals surface area (Å²) < 4.78 is 2.42. The average molecular weight is 637 g/mol. The number of benzene rings is 9. The molecule has 10 rings (SSSR count). The minimum Gasteiger partial charge on any atom is -0.310 e. The largest absolute Gasteiger partial charge is 0.310 e. The molecule has 0 amide bonds. The van der Waals surface area contributed by atoms with Crippen molar-refractivity contribution in [1.82, 2.24) is 4.57 Å². The molecular weight excluding hydrogens is 605 g/mol. The average Bonchev–Trinajstić information content (AvgIpc) is 3.52. The molecule has 1 heterocycles. The lowest BCUT2D eigenvalue weighted by Gasteiger charge is -2.26. The Balaban J connectivity index is 1.16. The van der Waals surface area contributed by atoms with Gasteiger partial charge in [-0.3, -0.25) is 0 Å². The molecule has 10 aromatic rings. The summed E-state index contributed by atoms with van der Waals surface area (Å²) in [7, 11) is 0. The highest BCUT2D eigenvalue weighted by Crippen LogP contribution is 2.41. The van der Waals surface area contributed by atoms with Crippen LogP contribution in [0.15, 0.2) is 194 Å². The molecule has 0 N–H and O–H groups in total. The number of hydrogen-bond acceptors (Lipinski definition) is 1. The molecule has 234 valence electrons. The van der Waals surface area contributed by atoms with E-state index in [0.29, 0.717) is 0 Å². The van der Waals surface area contributed by atoms with E-state index in [4.69, 9.17) is 0 Å². The normalized spacial score (nSPS) is 11.6. The zero-order valence-electron chi connectivity index (χ0n) is 27.4. The summed E-state index contributed by atoms with van der Waals surface area (Å²) in [4.78, 5) is 2.38. The van der Waals surface area contributed by atoms with Gasteiger partial charge in [-0.2, -0.15) is 0 Å². The number of para-hydroxylation sites is 4. The van der Waals surface area contributed by atoms with Crippen LogP contribution < -0.4 is 4.90 Å². The predicted molar refractivity (Wildman–Crippen MR) is 213 cm³/mol. The molecule has 1 aromatic heterocycles. The summed E-state index contributed by atoms with van der Waals surface area (Å²) in [5.41, 5.74) is 9.28.